The smallest absolute Gasteiger partial charge is 0.257 e. The molecule has 0 aliphatic heterocycles. The molecule has 0 aliphatic rings. The summed E-state index contributed by atoms with van der Waals surface area (Å²) in [5.74, 6) is 0.397. The van der Waals surface area contributed by atoms with Gasteiger partial charge < -0.3 is 10.2 Å². The maximum atomic E-state index is 12.8. The predicted molar refractivity (Wildman–Crippen MR) is 117 cm³/mol. The zero-order chi connectivity index (χ0) is 20.9. The summed E-state index contributed by atoms with van der Waals surface area (Å²) in [5.41, 5.74) is 3.87. The van der Waals surface area contributed by atoms with Crippen molar-refractivity contribution in [2.24, 2.45) is 0 Å². The molecule has 0 fully saturated rings. The predicted octanol–water partition coefficient (Wildman–Crippen LogP) is 5.18. The maximum Gasteiger partial charge on any atom is 0.257 e. The highest BCUT2D eigenvalue weighted by atomic mass is 16.2. The van der Waals surface area contributed by atoms with Gasteiger partial charge in [0.1, 0.15) is 0 Å². The number of nitrogens with zero attached hydrogens (tertiary/aromatic N) is 3. The highest BCUT2D eigenvalue weighted by Crippen LogP contribution is 2.24. The molecule has 0 radical (unpaired) electrons. The molecule has 150 valence electrons. The van der Waals surface area contributed by atoms with Crippen molar-refractivity contribution in [3.8, 4) is 0 Å². The zero-order valence-corrected chi connectivity index (χ0v) is 17.5. The molecular weight excluding hydrogens is 360 g/mol. The summed E-state index contributed by atoms with van der Waals surface area (Å²) in [6.45, 7) is 9.71. The fourth-order valence-electron chi connectivity index (χ4n) is 3.00. The lowest BCUT2D eigenvalue weighted by atomic mass is 9.87. The first-order valence-electron chi connectivity index (χ1n) is 9.89. The molecule has 0 aliphatic carbocycles. The van der Waals surface area contributed by atoms with Crippen LogP contribution in [0.25, 0.3) is 0 Å². The molecule has 0 spiro atoms. The Morgan fingerprint density at radius 1 is 0.966 bits per heavy atom. The third kappa shape index (κ3) is 5.41. The molecule has 0 unspecified atom stereocenters. The van der Waals surface area contributed by atoms with E-state index in [4.69, 9.17) is 0 Å². The number of benzene rings is 2. The number of anilines is 2. The lowest BCUT2D eigenvalue weighted by Crippen LogP contribution is -2.30. The van der Waals surface area contributed by atoms with E-state index in [0.717, 1.165) is 11.3 Å². The van der Waals surface area contributed by atoms with E-state index in [-0.39, 0.29) is 11.3 Å². The Bertz CT molecular complexity index is 929. The van der Waals surface area contributed by atoms with Crippen LogP contribution >= 0.6 is 0 Å². The number of carbonyl (C=O) groups excluding carboxylic acids is 1. The van der Waals surface area contributed by atoms with Gasteiger partial charge in [-0.25, -0.2) is 9.97 Å². The molecule has 0 atom stereocenters. The van der Waals surface area contributed by atoms with E-state index in [9.17, 15) is 4.79 Å². The van der Waals surface area contributed by atoms with Crippen LogP contribution in [0.4, 0.5) is 11.6 Å². The van der Waals surface area contributed by atoms with Crippen LogP contribution in [0, 0.1) is 0 Å². The number of amides is 1. The van der Waals surface area contributed by atoms with Gasteiger partial charge in [0, 0.05) is 31.2 Å². The normalized spacial score (nSPS) is 11.2. The van der Waals surface area contributed by atoms with Gasteiger partial charge in [-0.05, 0) is 35.6 Å². The molecule has 3 rings (SSSR count). The van der Waals surface area contributed by atoms with Crippen molar-refractivity contribution >= 4 is 17.5 Å². The van der Waals surface area contributed by atoms with Gasteiger partial charge in [-0.2, -0.15) is 0 Å². The average molecular weight is 389 g/mol. The van der Waals surface area contributed by atoms with Gasteiger partial charge in [0.15, 0.2) is 0 Å². The topological polar surface area (TPSA) is 58.1 Å². The number of nitrogens with one attached hydrogen (secondary N) is 1. The summed E-state index contributed by atoms with van der Waals surface area (Å²) in [6, 6.07) is 18.2. The van der Waals surface area contributed by atoms with E-state index in [2.05, 4.69) is 48.2 Å². The molecule has 2 aromatic carbocycles. The first kappa shape index (κ1) is 20.5. The van der Waals surface area contributed by atoms with Crippen LogP contribution in [0.1, 0.15) is 49.2 Å². The summed E-state index contributed by atoms with van der Waals surface area (Å²) in [5, 5.41) is 3.18. The van der Waals surface area contributed by atoms with Crippen LogP contribution in [0.3, 0.4) is 0 Å². The second-order valence-electron chi connectivity index (χ2n) is 8.05. The van der Waals surface area contributed by atoms with E-state index < -0.39 is 0 Å². The average Bonchev–Trinajstić information content (AvgIpc) is 2.72. The first-order valence-corrected chi connectivity index (χ1v) is 9.89. The molecule has 1 N–H and O–H groups in total. The Balaban J connectivity index is 1.66. The molecule has 0 bridgehead atoms. The highest BCUT2D eigenvalue weighted by Gasteiger charge is 2.16. The van der Waals surface area contributed by atoms with Gasteiger partial charge in [-0.3, -0.25) is 4.79 Å². The Labute approximate surface area is 172 Å². The van der Waals surface area contributed by atoms with E-state index in [1.54, 1.807) is 17.3 Å². The SMILES string of the molecule is CCN(Cc1ccccc1)C(=O)c1cnc(Nc2ccc(C(C)(C)C)cc2)nc1. The Kier molecular flexibility index (Phi) is 6.27. The van der Waals surface area contributed by atoms with Crippen LogP contribution in [0.15, 0.2) is 67.0 Å². The van der Waals surface area contributed by atoms with Crippen LogP contribution in [-0.4, -0.2) is 27.3 Å². The van der Waals surface area contributed by atoms with Gasteiger partial charge in [-0.15, -0.1) is 0 Å². The summed E-state index contributed by atoms with van der Waals surface area (Å²) < 4.78 is 0. The molecule has 1 heterocycles. The molecule has 5 nitrogen and oxygen atoms in total. The van der Waals surface area contributed by atoms with Crippen LogP contribution in [0.2, 0.25) is 0 Å². The third-order valence-electron chi connectivity index (χ3n) is 4.79. The lowest BCUT2D eigenvalue weighted by Gasteiger charge is -2.21. The Morgan fingerprint density at radius 3 is 2.14 bits per heavy atom. The number of hydrogen-bond acceptors (Lipinski definition) is 4. The molecule has 3 aromatic rings. The number of hydrogen-bond donors (Lipinski definition) is 1. The molecule has 1 aromatic heterocycles. The van der Waals surface area contributed by atoms with E-state index >= 15 is 0 Å². The first-order chi connectivity index (χ1) is 13.9. The van der Waals surface area contributed by atoms with E-state index in [1.807, 2.05) is 49.4 Å². The van der Waals surface area contributed by atoms with Crippen molar-refractivity contribution in [2.45, 2.75) is 39.7 Å². The summed E-state index contributed by atoms with van der Waals surface area (Å²) in [4.78, 5) is 23.2. The fourth-order valence-corrected chi connectivity index (χ4v) is 3.00. The molecule has 5 heteroatoms. The third-order valence-corrected chi connectivity index (χ3v) is 4.79. The molecule has 29 heavy (non-hydrogen) atoms. The van der Waals surface area contributed by atoms with E-state index in [1.165, 1.54) is 5.56 Å². The van der Waals surface area contributed by atoms with Crippen molar-refractivity contribution in [2.75, 3.05) is 11.9 Å². The standard InChI is InChI=1S/C24H28N4O/c1-5-28(17-18-9-7-6-8-10-18)22(29)19-15-25-23(26-16-19)27-21-13-11-20(12-14-21)24(2,3)4/h6-16H,5,17H2,1-4H3,(H,25,26,27). The Morgan fingerprint density at radius 2 is 1.59 bits per heavy atom. The minimum atomic E-state index is -0.0718. The summed E-state index contributed by atoms with van der Waals surface area (Å²) in [6.07, 6.45) is 3.16. The van der Waals surface area contributed by atoms with Crippen molar-refractivity contribution < 1.29 is 4.79 Å². The van der Waals surface area contributed by atoms with Crippen LogP contribution < -0.4 is 5.32 Å². The number of aromatic nitrogens is 2. The van der Waals surface area contributed by atoms with Gasteiger partial charge in [0.25, 0.3) is 5.91 Å². The molecule has 1 amide bonds. The van der Waals surface area contributed by atoms with Crippen LogP contribution in [0.5, 0.6) is 0 Å². The van der Waals surface area contributed by atoms with Gasteiger partial charge in [0.2, 0.25) is 5.95 Å². The van der Waals surface area contributed by atoms with Gasteiger partial charge in [0.05, 0.1) is 5.56 Å². The monoisotopic (exact) mass is 388 g/mol. The quantitative estimate of drug-likeness (QED) is 0.632. The minimum absolute atomic E-state index is 0.0718. The molecule has 0 saturated carbocycles. The Hall–Kier alpha value is -3.21. The number of carbonyl (C=O) groups is 1. The van der Waals surface area contributed by atoms with Crippen molar-refractivity contribution in [1.29, 1.82) is 0 Å². The van der Waals surface area contributed by atoms with Crippen molar-refractivity contribution in [3.63, 3.8) is 0 Å². The highest BCUT2D eigenvalue weighted by molar-refractivity contribution is 5.93. The second kappa shape index (κ2) is 8.86. The molecule has 0 saturated heterocycles. The summed E-state index contributed by atoms with van der Waals surface area (Å²) >= 11 is 0. The largest absolute Gasteiger partial charge is 0.335 e. The summed E-state index contributed by atoms with van der Waals surface area (Å²) in [7, 11) is 0. The van der Waals surface area contributed by atoms with Crippen molar-refractivity contribution in [1.82, 2.24) is 14.9 Å². The fraction of sp³-hybridized carbons (Fsp3) is 0.292. The van der Waals surface area contributed by atoms with Gasteiger partial charge >= 0.3 is 0 Å². The maximum absolute atomic E-state index is 12.8. The second-order valence-corrected chi connectivity index (χ2v) is 8.05. The van der Waals surface area contributed by atoms with Crippen LogP contribution in [-0.2, 0) is 12.0 Å². The molecular formula is C24H28N4O. The lowest BCUT2D eigenvalue weighted by molar-refractivity contribution is 0.0751. The number of rotatable bonds is 6. The van der Waals surface area contributed by atoms with E-state index in [0.29, 0.717) is 24.6 Å². The zero-order valence-electron chi connectivity index (χ0n) is 17.5. The van der Waals surface area contributed by atoms with Crippen molar-refractivity contribution in [3.05, 3.63) is 83.7 Å². The van der Waals surface area contributed by atoms with Gasteiger partial charge in [-0.1, -0.05) is 63.2 Å². The minimum Gasteiger partial charge on any atom is -0.335 e.